The van der Waals surface area contributed by atoms with Gasteiger partial charge in [-0.1, -0.05) is 37.3 Å². The number of carbonyl (C=O) groups is 2. The van der Waals surface area contributed by atoms with Crippen LogP contribution in [0.15, 0.2) is 30.3 Å². The molecule has 2 rings (SSSR count). The number of benzene rings is 1. The lowest BCUT2D eigenvalue weighted by Crippen LogP contribution is -2.52. The Morgan fingerprint density at radius 1 is 1.38 bits per heavy atom. The minimum Gasteiger partial charge on any atom is -0.479 e. The van der Waals surface area contributed by atoms with E-state index in [-0.39, 0.29) is 17.9 Å². The second-order valence-corrected chi connectivity index (χ2v) is 5.50. The molecule has 1 saturated heterocycles. The van der Waals surface area contributed by atoms with Gasteiger partial charge in [-0.05, 0) is 25.3 Å². The minimum absolute atomic E-state index is 0.126. The van der Waals surface area contributed by atoms with Crippen molar-refractivity contribution in [3.63, 3.8) is 0 Å². The van der Waals surface area contributed by atoms with Gasteiger partial charge < -0.3 is 15.2 Å². The minimum atomic E-state index is -1.43. The number of amides is 1. The standard InChI is InChI=1S/C16H21NO4/c1-3-13-12(9-10-21-13)14(18)17-16(2,15(19)20)11-7-5-4-6-8-11/h4-8,12-13H,3,9-10H2,1-2H3,(H,17,18)(H,19,20). The monoisotopic (exact) mass is 291 g/mol. The van der Waals surface area contributed by atoms with Crippen molar-refractivity contribution in [1.82, 2.24) is 5.32 Å². The molecule has 1 fully saturated rings. The fourth-order valence-corrected chi connectivity index (χ4v) is 2.71. The van der Waals surface area contributed by atoms with Crippen molar-refractivity contribution in [1.29, 1.82) is 0 Å². The maximum Gasteiger partial charge on any atom is 0.333 e. The topological polar surface area (TPSA) is 75.6 Å². The summed E-state index contributed by atoms with van der Waals surface area (Å²) in [4.78, 5) is 24.1. The molecule has 0 bridgehead atoms. The third-order valence-corrected chi connectivity index (χ3v) is 4.10. The molecule has 1 amide bonds. The number of nitrogens with one attached hydrogen (secondary N) is 1. The molecule has 1 aromatic carbocycles. The van der Waals surface area contributed by atoms with Gasteiger partial charge in [0.2, 0.25) is 5.91 Å². The maximum atomic E-state index is 12.5. The molecule has 0 aliphatic carbocycles. The van der Waals surface area contributed by atoms with Crippen LogP contribution in [0.4, 0.5) is 0 Å². The van der Waals surface area contributed by atoms with E-state index in [2.05, 4.69) is 5.32 Å². The van der Waals surface area contributed by atoms with E-state index in [1.807, 2.05) is 13.0 Å². The smallest absolute Gasteiger partial charge is 0.333 e. The van der Waals surface area contributed by atoms with Crippen molar-refractivity contribution >= 4 is 11.9 Å². The highest BCUT2D eigenvalue weighted by atomic mass is 16.5. The van der Waals surface area contributed by atoms with Crippen molar-refractivity contribution in [2.75, 3.05) is 6.61 Å². The van der Waals surface area contributed by atoms with Gasteiger partial charge in [-0.25, -0.2) is 4.79 Å². The summed E-state index contributed by atoms with van der Waals surface area (Å²) in [6, 6.07) is 8.74. The van der Waals surface area contributed by atoms with E-state index in [4.69, 9.17) is 4.74 Å². The van der Waals surface area contributed by atoms with Gasteiger partial charge >= 0.3 is 5.97 Å². The first-order chi connectivity index (χ1) is 9.99. The van der Waals surface area contributed by atoms with E-state index >= 15 is 0 Å². The van der Waals surface area contributed by atoms with E-state index in [0.717, 1.165) is 6.42 Å². The third kappa shape index (κ3) is 3.08. The first-order valence-electron chi connectivity index (χ1n) is 7.21. The van der Waals surface area contributed by atoms with Gasteiger partial charge in [-0.2, -0.15) is 0 Å². The average Bonchev–Trinajstić information content (AvgIpc) is 2.96. The molecule has 21 heavy (non-hydrogen) atoms. The Morgan fingerprint density at radius 2 is 2.05 bits per heavy atom. The van der Waals surface area contributed by atoms with Crippen molar-refractivity contribution in [2.45, 2.75) is 38.3 Å². The Balaban J connectivity index is 2.21. The molecule has 114 valence electrons. The number of hydrogen-bond donors (Lipinski definition) is 2. The summed E-state index contributed by atoms with van der Waals surface area (Å²) in [7, 11) is 0. The van der Waals surface area contributed by atoms with E-state index in [1.165, 1.54) is 6.92 Å². The van der Waals surface area contributed by atoms with E-state index in [9.17, 15) is 14.7 Å². The molecule has 1 heterocycles. The van der Waals surface area contributed by atoms with Crippen LogP contribution in [0.25, 0.3) is 0 Å². The molecular formula is C16H21NO4. The molecule has 5 heteroatoms. The largest absolute Gasteiger partial charge is 0.479 e. The molecule has 0 spiro atoms. The van der Waals surface area contributed by atoms with Gasteiger partial charge in [0.05, 0.1) is 12.0 Å². The molecule has 1 aromatic rings. The summed E-state index contributed by atoms with van der Waals surface area (Å²) in [6.45, 7) is 4.02. The zero-order valence-corrected chi connectivity index (χ0v) is 12.3. The van der Waals surface area contributed by atoms with Crippen LogP contribution in [-0.2, 0) is 19.9 Å². The molecule has 5 nitrogen and oxygen atoms in total. The Morgan fingerprint density at radius 3 is 2.62 bits per heavy atom. The number of carboxylic acid groups (broad SMARTS) is 1. The van der Waals surface area contributed by atoms with Crippen LogP contribution in [0.5, 0.6) is 0 Å². The average molecular weight is 291 g/mol. The van der Waals surface area contributed by atoms with Gasteiger partial charge in [0.25, 0.3) is 0 Å². The van der Waals surface area contributed by atoms with Gasteiger partial charge in [-0.3, -0.25) is 4.79 Å². The molecule has 0 radical (unpaired) electrons. The van der Waals surface area contributed by atoms with Crippen LogP contribution in [0.3, 0.4) is 0 Å². The van der Waals surface area contributed by atoms with Crippen LogP contribution in [-0.4, -0.2) is 29.7 Å². The first-order valence-corrected chi connectivity index (χ1v) is 7.21. The van der Waals surface area contributed by atoms with Crippen LogP contribution in [0, 0.1) is 5.92 Å². The normalized spacial score (nSPS) is 24.3. The number of aliphatic carboxylic acids is 1. The molecule has 2 N–H and O–H groups in total. The predicted molar refractivity (Wildman–Crippen MR) is 77.7 cm³/mol. The van der Waals surface area contributed by atoms with Crippen LogP contribution >= 0.6 is 0 Å². The fourth-order valence-electron chi connectivity index (χ4n) is 2.71. The van der Waals surface area contributed by atoms with Gasteiger partial charge in [0.1, 0.15) is 0 Å². The summed E-state index contributed by atoms with van der Waals surface area (Å²) < 4.78 is 5.51. The summed E-state index contributed by atoms with van der Waals surface area (Å²) in [5, 5.41) is 12.3. The highest BCUT2D eigenvalue weighted by Gasteiger charge is 2.41. The number of carbonyl (C=O) groups excluding carboxylic acids is 1. The van der Waals surface area contributed by atoms with Crippen molar-refractivity contribution < 1.29 is 19.4 Å². The van der Waals surface area contributed by atoms with Crippen LogP contribution in [0.1, 0.15) is 32.3 Å². The Labute approximate surface area is 124 Å². The lowest BCUT2D eigenvalue weighted by Gasteiger charge is -2.29. The number of rotatable bonds is 5. The molecular weight excluding hydrogens is 270 g/mol. The molecule has 0 saturated carbocycles. The predicted octanol–water partition coefficient (Wildman–Crippen LogP) is 1.92. The summed E-state index contributed by atoms with van der Waals surface area (Å²) in [5.41, 5.74) is -0.878. The lowest BCUT2D eigenvalue weighted by molar-refractivity contribution is -0.148. The zero-order valence-electron chi connectivity index (χ0n) is 12.3. The Bertz CT molecular complexity index is 516. The molecule has 1 aliphatic heterocycles. The lowest BCUT2D eigenvalue weighted by atomic mass is 9.90. The third-order valence-electron chi connectivity index (χ3n) is 4.10. The van der Waals surface area contributed by atoms with Crippen molar-refractivity contribution in [3.8, 4) is 0 Å². The van der Waals surface area contributed by atoms with Crippen molar-refractivity contribution in [3.05, 3.63) is 35.9 Å². The first kappa shape index (κ1) is 15.5. The highest BCUT2D eigenvalue weighted by molar-refractivity contribution is 5.89. The van der Waals surface area contributed by atoms with Gasteiger partial charge in [-0.15, -0.1) is 0 Å². The van der Waals surface area contributed by atoms with E-state index in [0.29, 0.717) is 18.6 Å². The zero-order chi connectivity index (χ0) is 15.5. The molecule has 1 aliphatic rings. The molecule has 3 unspecified atom stereocenters. The summed E-state index contributed by atoms with van der Waals surface area (Å²) >= 11 is 0. The number of carboxylic acids is 1. The quantitative estimate of drug-likeness (QED) is 0.869. The SMILES string of the molecule is CCC1OCCC1C(=O)NC(C)(C(=O)O)c1ccccc1. The highest BCUT2D eigenvalue weighted by Crippen LogP contribution is 2.27. The molecule has 3 atom stereocenters. The number of hydrogen-bond acceptors (Lipinski definition) is 3. The summed E-state index contributed by atoms with van der Waals surface area (Å²) in [6.07, 6.45) is 1.25. The van der Waals surface area contributed by atoms with Gasteiger partial charge in [0, 0.05) is 6.61 Å². The van der Waals surface area contributed by atoms with E-state index in [1.54, 1.807) is 24.3 Å². The second kappa shape index (κ2) is 6.26. The summed E-state index contributed by atoms with van der Waals surface area (Å²) in [5.74, 6) is -1.61. The number of ether oxygens (including phenoxy) is 1. The fraction of sp³-hybridized carbons (Fsp3) is 0.500. The van der Waals surface area contributed by atoms with E-state index < -0.39 is 11.5 Å². The Kier molecular flexibility index (Phi) is 4.63. The molecule has 0 aromatic heterocycles. The maximum absolute atomic E-state index is 12.5. The van der Waals surface area contributed by atoms with Crippen LogP contribution in [0.2, 0.25) is 0 Å². The second-order valence-electron chi connectivity index (χ2n) is 5.50. The van der Waals surface area contributed by atoms with Crippen molar-refractivity contribution in [2.24, 2.45) is 5.92 Å². The van der Waals surface area contributed by atoms with Gasteiger partial charge in [0.15, 0.2) is 5.54 Å². The Hall–Kier alpha value is -1.88. The van der Waals surface area contributed by atoms with Crippen LogP contribution < -0.4 is 5.32 Å².